The molecule has 6 heteroatoms. The van der Waals surface area contributed by atoms with E-state index < -0.39 is 6.17 Å². The number of hydrogen-bond donors (Lipinski definition) is 1. The summed E-state index contributed by atoms with van der Waals surface area (Å²) in [6.07, 6.45) is 2.47. The highest BCUT2D eigenvalue weighted by Gasteiger charge is 2.33. The first kappa shape index (κ1) is 16.3. The van der Waals surface area contributed by atoms with Crippen molar-refractivity contribution in [1.29, 1.82) is 0 Å². The van der Waals surface area contributed by atoms with Crippen LogP contribution in [0.3, 0.4) is 0 Å². The summed E-state index contributed by atoms with van der Waals surface area (Å²) < 4.78 is 19.1. The Morgan fingerprint density at radius 3 is 3.00 bits per heavy atom. The first-order valence-electron chi connectivity index (χ1n) is 8.24. The van der Waals surface area contributed by atoms with Gasteiger partial charge in [-0.3, -0.25) is 4.90 Å². The Morgan fingerprint density at radius 1 is 1.45 bits per heavy atom. The molecule has 2 fully saturated rings. The van der Waals surface area contributed by atoms with Gasteiger partial charge in [0.1, 0.15) is 11.9 Å². The quantitative estimate of drug-likeness (QED) is 0.900. The van der Waals surface area contributed by atoms with Crippen molar-refractivity contribution < 1.29 is 8.91 Å². The fourth-order valence-electron chi connectivity index (χ4n) is 3.46. The van der Waals surface area contributed by atoms with E-state index >= 15 is 0 Å². The van der Waals surface area contributed by atoms with E-state index in [9.17, 15) is 4.39 Å². The highest BCUT2D eigenvalue weighted by atomic mass is 32.2. The van der Waals surface area contributed by atoms with Crippen molar-refractivity contribution in [2.24, 2.45) is 0 Å². The maximum atomic E-state index is 13.9. The first-order valence-corrected chi connectivity index (χ1v) is 9.40. The molecule has 0 radical (unpaired) electrons. The van der Waals surface area contributed by atoms with Gasteiger partial charge in [0, 0.05) is 43.0 Å². The van der Waals surface area contributed by atoms with Crippen LogP contribution in [-0.4, -0.2) is 52.9 Å². The van der Waals surface area contributed by atoms with E-state index in [-0.39, 0.29) is 6.04 Å². The molecule has 22 heavy (non-hydrogen) atoms. The highest BCUT2D eigenvalue weighted by molar-refractivity contribution is 7.99. The standard InChI is InChI=1S/C16H26FN3OS/c1-11-16(12(2)21-19-11)9-20-8-13(17)6-15(20)7-18-14-4-3-5-22-10-14/h13-15,18H,3-10H2,1-2H3/t13-,14?,15-/m0/s1. The molecule has 0 aromatic carbocycles. The van der Waals surface area contributed by atoms with Gasteiger partial charge in [0.25, 0.3) is 0 Å². The minimum absolute atomic E-state index is 0.274. The number of nitrogens with one attached hydrogen (secondary N) is 1. The second-order valence-electron chi connectivity index (χ2n) is 6.54. The van der Waals surface area contributed by atoms with E-state index in [1.807, 2.05) is 25.6 Å². The maximum absolute atomic E-state index is 13.9. The third kappa shape index (κ3) is 3.84. The molecule has 2 saturated heterocycles. The predicted octanol–water partition coefficient (Wildman–Crippen LogP) is 2.69. The first-order chi connectivity index (χ1) is 10.6. The second-order valence-corrected chi connectivity index (χ2v) is 7.69. The number of halogens is 1. The summed E-state index contributed by atoms with van der Waals surface area (Å²) >= 11 is 2.02. The molecular formula is C16H26FN3OS. The van der Waals surface area contributed by atoms with Crippen molar-refractivity contribution in [2.75, 3.05) is 24.6 Å². The molecule has 2 aliphatic heterocycles. The predicted molar refractivity (Wildman–Crippen MR) is 88.0 cm³/mol. The van der Waals surface area contributed by atoms with Gasteiger partial charge >= 0.3 is 0 Å². The molecule has 0 amide bonds. The van der Waals surface area contributed by atoms with Crippen LogP contribution in [0, 0.1) is 13.8 Å². The molecule has 1 aromatic rings. The van der Waals surface area contributed by atoms with E-state index in [0.29, 0.717) is 19.0 Å². The summed E-state index contributed by atoms with van der Waals surface area (Å²) in [6, 6.07) is 0.869. The van der Waals surface area contributed by atoms with Crippen molar-refractivity contribution in [1.82, 2.24) is 15.4 Å². The minimum atomic E-state index is -0.715. The van der Waals surface area contributed by atoms with Crippen molar-refractivity contribution in [3.63, 3.8) is 0 Å². The topological polar surface area (TPSA) is 41.3 Å². The number of likely N-dealkylation sites (tertiary alicyclic amines) is 1. The van der Waals surface area contributed by atoms with Crippen molar-refractivity contribution >= 4 is 11.8 Å². The zero-order valence-corrected chi connectivity index (χ0v) is 14.3. The average molecular weight is 327 g/mol. The minimum Gasteiger partial charge on any atom is -0.361 e. The Labute approximate surface area is 136 Å². The van der Waals surface area contributed by atoms with Gasteiger partial charge in [-0.2, -0.15) is 11.8 Å². The van der Waals surface area contributed by atoms with E-state index in [0.717, 1.165) is 30.1 Å². The smallest absolute Gasteiger partial charge is 0.138 e. The van der Waals surface area contributed by atoms with Crippen LogP contribution in [0.25, 0.3) is 0 Å². The third-order valence-corrected chi connectivity index (χ3v) is 6.04. The number of aromatic nitrogens is 1. The molecule has 0 spiro atoms. The van der Waals surface area contributed by atoms with Gasteiger partial charge in [0.05, 0.1) is 5.69 Å². The van der Waals surface area contributed by atoms with Gasteiger partial charge in [0.2, 0.25) is 0 Å². The number of thioether (sulfide) groups is 1. The fourth-order valence-corrected chi connectivity index (χ4v) is 4.57. The monoisotopic (exact) mass is 327 g/mol. The van der Waals surface area contributed by atoms with Crippen LogP contribution >= 0.6 is 11.8 Å². The van der Waals surface area contributed by atoms with E-state index in [4.69, 9.17) is 4.52 Å². The van der Waals surface area contributed by atoms with E-state index in [2.05, 4.69) is 15.4 Å². The van der Waals surface area contributed by atoms with Crippen LogP contribution in [-0.2, 0) is 6.54 Å². The maximum Gasteiger partial charge on any atom is 0.138 e. The molecule has 1 aromatic heterocycles. The highest BCUT2D eigenvalue weighted by Crippen LogP contribution is 2.25. The normalized spacial score (nSPS) is 30.0. The van der Waals surface area contributed by atoms with Crippen LogP contribution in [0.5, 0.6) is 0 Å². The average Bonchev–Trinajstić information content (AvgIpc) is 3.03. The Morgan fingerprint density at radius 2 is 2.32 bits per heavy atom. The summed E-state index contributed by atoms with van der Waals surface area (Å²) in [5.41, 5.74) is 2.04. The lowest BCUT2D eigenvalue weighted by Gasteiger charge is -2.28. The van der Waals surface area contributed by atoms with Crippen molar-refractivity contribution in [3.05, 3.63) is 17.0 Å². The molecule has 3 atom stereocenters. The summed E-state index contributed by atoms with van der Waals surface area (Å²) in [7, 11) is 0. The molecule has 4 nitrogen and oxygen atoms in total. The van der Waals surface area contributed by atoms with Crippen LogP contribution in [0.1, 0.15) is 36.3 Å². The summed E-state index contributed by atoms with van der Waals surface area (Å²) in [6.45, 7) is 6.05. The molecule has 0 bridgehead atoms. The van der Waals surface area contributed by atoms with E-state index in [1.54, 1.807) is 0 Å². The van der Waals surface area contributed by atoms with Gasteiger partial charge in [-0.1, -0.05) is 5.16 Å². The molecule has 3 heterocycles. The Balaban J connectivity index is 1.57. The van der Waals surface area contributed by atoms with Gasteiger partial charge in [0.15, 0.2) is 0 Å². The molecular weight excluding hydrogens is 301 g/mol. The number of rotatable bonds is 5. The number of aryl methyl sites for hydroxylation is 2. The molecule has 124 valence electrons. The van der Waals surface area contributed by atoms with Crippen molar-refractivity contribution in [3.8, 4) is 0 Å². The van der Waals surface area contributed by atoms with E-state index in [1.165, 1.54) is 24.3 Å². The summed E-state index contributed by atoms with van der Waals surface area (Å²) in [4.78, 5) is 2.25. The zero-order chi connectivity index (χ0) is 15.5. The molecule has 0 saturated carbocycles. The van der Waals surface area contributed by atoms with Gasteiger partial charge in [-0.25, -0.2) is 4.39 Å². The van der Waals surface area contributed by atoms with Gasteiger partial charge in [-0.15, -0.1) is 0 Å². The number of alkyl halides is 1. The third-order valence-electron chi connectivity index (χ3n) is 4.82. The Kier molecular flexibility index (Phi) is 5.42. The largest absolute Gasteiger partial charge is 0.361 e. The lowest BCUT2D eigenvalue weighted by molar-refractivity contribution is 0.224. The molecule has 1 unspecified atom stereocenters. The van der Waals surface area contributed by atoms with Crippen LogP contribution in [0.4, 0.5) is 4.39 Å². The fraction of sp³-hybridized carbons (Fsp3) is 0.812. The van der Waals surface area contributed by atoms with Crippen LogP contribution in [0.2, 0.25) is 0 Å². The number of hydrogen-bond acceptors (Lipinski definition) is 5. The van der Waals surface area contributed by atoms with Crippen LogP contribution in [0.15, 0.2) is 4.52 Å². The molecule has 0 aliphatic carbocycles. The second kappa shape index (κ2) is 7.32. The van der Waals surface area contributed by atoms with Crippen LogP contribution < -0.4 is 5.32 Å². The summed E-state index contributed by atoms with van der Waals surface area (Å²) in [5.74, 6) is 3.33. The van der Waals surface area contributed by atoms with Crippen molar-refractivity contribution in [2.45, 2.75) is 57.9 Å². The SMILES string of the molecule is Cc1noc(C)c1CN1C[C@@H](F)C[C@H]1CNC1CCCSC1. The zero-order valence-electron chi connectivity index (χ0n) is 13.5. The summed E-state index contributed by atoms with van der Waals surface area (Å²) in [5, 5.41) is 7.66. The molecule has 2 aliphatic rings. The number of nitrogens with zero attached hydrogens (tertiary/aromatic N) is 2. The van der Waals surface area contributed by atoms with Gasteiger partial charge < -0.3 is 9.84 Å². The lowest BCUT2D eigenvalue weighted by Crippen LogP contribution is -2.43. The Bertz CT molecular complexity index is 470. The molecule has 1 N–H and O–H groups in total. The molecule has 3 rings (SSSR count). The lowest BCUT2D eigenvalue weighted by atomic mass is 10.1. The Hall–Kier alpha value is -0.590. The van der Waals surface area contributed by atoms with Gasteiger partial charge in [-0.05, 0) is 38.9 Å².